The van der Waals surface area contributed by atoms with Crippen LogP contribution in [0.25, 0.3) is 11.2 Å². The van der Waals surface area contributed by atoms with Crippen LogP contribution in [0.2, 0.25) is 0 Å². The van der Waals surface area contributed by atoms with Crippen molar-refractivity contribution in [3.8, 4) is 5.75 Å². The minimum Gasteiger partial charge on any atom is -0.492 e. The summed E-state index contributed by atoms with van der Waals surface area (Å²) in [6.07, 6.45) is 1.88. The maximum absolute atomic E-state index is 5.81. The van der Waals surface area contributed by atoms with Crippen molar-refractivity contribution in [1.82, 2.24) is 14.5 Å². The van der Waals surface area contributed by atoms with Gasteiger partial charge < -0.3 is 15.0 Å². The summed E-state index contributed by atoms with van der Waals surface area (Å²) in [4.78, 5) is 9.29. The SMILES string of the molecule is Cc1cnc2c(c1)nc(C(C)C)n2CCOc1ccc(N)cc1. The molecule has 0 aliphatic rings. The van der Waals surface area contributed by atoms with E-state index >= 15 is 0 Å². The number of pyridine rings is 1. The molecule has 5 heteroatoms. The molecule has 2 heterocycles. The first-order valence-electron chi connectivity index (χ1n) is 7.85. The van der Waals surface area contributed by atoms with Gasteiger partial charge in [0.15, 0.2) is 5.65 Å². The smallest absolute Gasteiger partial charge is 0.160 e. The van der Waals surface area contributed by atoms with Crippen molar-refractivity contribution < 1.29 is 4.74 Å². The summed E-state index contributed by atoms with van der Waals surface area (Å²) in [5.41, 5.74) is 9.40. The average Bonchev–Trinajstić information content (AvgIpc) is 2.87. The summed E-state index contributed by atoms with van der Waals surface area (Å²) in [7, 11) is 0. The molecule has 0 bridgehead atoms. The van der Waals surface area contributed by atoms with Crippen LogP contribution in [0.4, 0.5) is 5.69 Å². The zero-order valence-electron chi connectivity index (χ0n) is 13.8. The van der Waals surface area contributed by atoms with Gasteiger partial charge in [-0.2, -0.15) is 0 Å². The topological polar surface area (TPSA) is 66.0 Å². The Labute approximate surface area is 136 Å². The second kappa shape index (κ2) is 6.28. The molecule has 0 spiro atoms. The third-order valence-corrected chi connectivity index (χ3v) is 3.73. The molecule has 5 nitrogen and oxygen atoms in total. The second-order valence-corrected chi connectivity index (χ2v) is 6.05. The number of rotatable bonds is 5. The number of aryl methyl sites for hydroxylation is 1. The number of nitrogens with two attached hydrogens (primary N) is 1. The van der Waals surface area contributed by atoms with Gasteiger partial charge in [-0.3, -0.25) is 0 Å². The van der Waals surface area contributed by atoms with Gasteiger partial charge in [0.05, 0.1) is 6.54 Å². The third-order valence-electron chi connectivity index (χ3n) is 3.73. The molecule has 23 heavy (non-hydrogen) atoms. The van der Waals surface area contributed by atoms with Crippen molar-refractivity contribution in [1.29, 1.82) is 0 Å². The van der Waals surface area contributed by atoms with Gasteiger partial charge in [0.1, 0.15) is 23.7 Å². The minimum absolute atomic E-state index is 0.334. The van der Waals surface area contributed by atoms with Crippen LogP contribution in [-0.2, 0) is 6.54 Å². The predicted octanol–water partition coefficient (Wildman–Crippen LogP) is 3.52. The molecular formula is C18H22N4O. The third kappa shape index (κ3) is 3.28. The summed E-state index contributed by atoms with van der Waals surface area (Å²) in [6, 6.07) is 9.52. The number of nitrogen functional groups attached to an aromatic ring is 1. The minimum atomic E-state index is 0.334. The van der Waals surface area contributed by atoms with Gasteiger partial charge in [-0.05, 0) is 42.8 Å². The van der Waals surface area contributed by atoms with E-state index in [9.17, 15) is 0 Å². The maximum Gasteiger partial charge on any atom is 0.160 e. The number of imidazole rings is 1. The van der Waals surface area contributed by atoms with Crippen molar-refractivity contribution in [2.45, 2.75) is 33.2 Å². The number of anilines is 1. The lowest BCUT2D eigenvalue weighted by atomic mass is 10.2. The van der Waals surface area contributed by atoms with Gasteiger partial charge in [-0.1, -0.05) is 13.8 Å². The van der Waals surface area contributed by atoms with Gasteiger partial charge in [0.25, 0.3) is 0 Å². The summed E-state index contributed by atoms with van der Waals surface area (Å²) in [6.45, 7) is 7.59. The van der Waals surface area contributed by atoms with Crippen LogP contribution in [0, 0.1) is 6.92 Å². The Balaban J connectivity index is 1.81. The zero-order valence-corrected chi connectivity index (χ0v) is 13.8. The first-order valence-corrected chi connectivity index (χ1v) is 7.85. The average molecular weight is 310 g/mol. The van der Waals surface area contributed by atoms with Gasteiger partial charge in [-0.15, -0.1) is 0 Å². The molecule has 0 aliphatic carbocycles. The number of fused-ring (bicyclic) bond motifs is 1. The fraction of sp³-hybridized carbons (Fsp3) is 0.333. The number of aromatic nitrogens is 3. The molecule has 0 aliphatic heterocycles. The second-order valence-electron chi connectivity index (χ2n) is 6.05. The van der Waals surface area contributed by atoms with Crippen LogP contribution in [0.3, 0.4) is 0 Å². The van der Waals surface area contributed by atoms with Gasteiger partial charge in [0.2, 0.25) is 0 Å². The molecule has 0 unspecified atom stereocenters. The highest BCUT2D eigenvalue weighted by atomic mass is 16.5. The molecule has 0 saturated carbocycles. The van der Waals surface area contributed by atoms with Crippen LogP contribution < -0.4 is 10.5 Å². The molecule has 0 saturated heterocycles. The normalized spacial score (nSPS) is 11.3. The Kier molecular flexibility index (Phi) is 4.19. The molecule has 120 valence electrons. The van der Waals surface area contributed by atoms with E-state index in [1.807, 2.05) is 37.4 Å². The number of nitrogens with zero attached hydrogens (tertiary/aromatic N) is 3. The maximum atomic E-state index is 5.81. The van der Waals surface area contributed by atoms with Crippen LogP contribution >= 0.6 is 0 Å². The van der Waals surface area contributed by atoms with Crippen LogP contribution in [0.15, 0.2) is 36.5 Å². The summed E-state index contributed by atoms with van der Waals surface area (Å²) in [5, 5.41) is 0. The fourth-order valence-electron chi connectivity index (χ4n) is 2.61. The molecule has 0 amide bonds. The molecule has 0 atom stereocenters. The molecule has 0 fully saturated rings. The highest BCUT2D eigenvalue weighted by molar-refractivity contribution is 5.72. The van der Waals surface area contributed by atoms with E-state index < -0.39 is 0 Å². The molecule has 1 aromatic carbocycles. The van der Waals surface area contributed by atoms with E-state index in [1.54, 1.807) is 0 Å². The predicted molar refractivity (Wildman–Crippen MR) is 92.7 cm³/mol. The first kappa shape index (κ1) is 15.3. The highest BCUT2D eigenvalue weighted by Gasteiger charge is 2.14. The molecular weight excluding hydrogens is 288 g/mol. The number of hydrogen-bond donors (Lipinski definition) is 1. The van der Waals surface area contributed by atoms with E-state index in [1.165, 1.54) is 0 Å². The Morgan fingerprint density at radius 2 is 1.96 bits per heavy atom. The highest BCUT2D eigenvalue weighted by Crippen LogP contribution is 2.21. The molecule has 3 rings (SSSR count). The lowest BCUT2D eigenvalue weighted by Gasteiger charge is -2.12. The van der Waals surface area contributed by atoms with Gasteiger partial charge in [-0.25, -0.2) is 9.97 Å². The number of benzene rings is 1. The fourth-order valence-corrected chi connectivity index (χ4v) is 2.61. The van der Waals surface area contributed by atoms with E-state index in [0.717, 1.165) is 34.0 Å². The monoisotopic (exact) mass is 310 g/mol. The molecule has 2 N–H and O–H groups in total. The summed E-state index contributed by atoms with van der Waals surface area (Å²) >= 11 is 0. The van der Waals surface area contributed by atoms with Crippen molar-refractivity contribution in [3.05, 3.63) is 47.9 Å². The van der Waals surface area contributed by atoms with E-state index in [4.69, 9.17) is 15.5 Å². The molecule has 2 aromatic heterocycles. The van der Waals surface area contributed by atoms with E-state index in [2.05, 4.69) is 29.5 Å². The molecule has 3 aromatic rings. The van der Waals surface area contributed by atoms with Crippen LogP contribution in [0.1, 0.15) is 31.2 Å². The van der Waals surface area contributed by atoms with Crippen LogP contribution in [0.5, 0.6) is 5.75 Å². The van der Waals surface area contributed by atoms with Crippen molar-refractivity contribution in [2.24, 2.45) is 0 Å². The van der Waals surface area contributed by atoms with Gasteiger partial charge in [0, 0.05) is 17.8 Å². The quantitative estimate of drug-likeness (QED) is 0.732. The van der Waals surface area contributed by atoms with Crippen LogP contribution in [-0.4, -0.2) is 21.1 Å². The standard InChI is InChI=1S/C18H22N4O/c1-12(2)17-21-16-10-13(3)11-20-18(16)22(17)8-9-23-15-6-4-14(19)5-7-15/h4-7,10-12H,8-9,19H2,1-3H3. The van der Waals surface area contributed by atoms with Crippen molar-refractivity contribution in [2.75, 3.05) is 12.3 Å². The number of hydrogen-bond acceptors (Lipinski definition) is 4. The lowest BCUT2D eigenvalue weighted by molar-refractivity contribution is 0.297. The Morgan fingerprint density at radius 1 is 1.22 bits per heavy atom. The molecule has 0 radical (unpaired) electrons. The largest absolute Gasteiger partial charge is 0.492 e. The Morgan fingerprint density at radius 3 is 2.65 bits per heavy atom. The first-order chi connectivity index (χ1) is 11.0. The lowest BCUT2D eigenvalue weighted by Crippen LogP contribution is -2.12. The Hall–Kier alpha value is -2.56. The number of ether oxygens (including phenoxy) is 1. The van der Waals surface area contributed by atoms with Crippen molar-refractivity contribution >= 4 is 16.9 Å². The van der Waals surface area contributed by atoms with Crippen molar-refractivity contribution in [3.63, 3.8) is 0 Å². The van der Waals surface area contributed by atoms with Gasteiger partial charge >= 0.3 is 0 Å². The van der Waals surface area contributed by atoms with E-state index in [-0.39, 0.29) is 0 Å². The summed E-state index contributed by atoms with van der Waals surface area (Å²) in [5.74, 6) is 2.19. The summed E-state index contributed by atoms with van der Waals surface area (Å²) < 4.78 is 7.96. The zero-order chi connectivity index (χ0) is 16.4. The Bertz CT molecular complexity index is 806. The van der Waals surface area contributed by atoms with E-state index in [0.29, 0.717) is 19.1 Å².